The molecular formula is C13H11F3N2O3. The second-order valence-electron chi connectivity index (χ2n) is 4.38. The van der Waals surface area contributed by atoms with Gasteiger partial charge in [0.25, 0.3) is 5.91 Å². The quantitative estimate of drug-likeness (QED) is 0.634. The molecule has 1 aromatic rings. The molecule has 1 atom stereocenters. The van der Waals surface area contributed by atoms with Crippen LogP contribution in [-0.2, 0) is 14.3 Å². The van der Waals surface area contributed by atoms with E-state index in [0.717, 1.165) is 5.01 Å². The van der Waals surface area contributed by atoms with Gasteiger partial charge in [-0.3, -0.25) is 9.59 Å². The lowest BCUT2D eigenvalue weighted by atomic mass is 10.1. The molecule has 8 heteroatoms. The molecule has 0 spiro atoms. The summed E-state index contributed by atoms with van der Waals surface area (Å²) in [5, 5.41) is 4.89. The van der Waals surface area contributed by atoms with E-state index in [1.807, 2.05) is 0 Å². The molecule has 1 aliphatic heterocycles. The summed E-state index contributed by atoms with van der Waals surface area (Å²) in [4.78, 5) is 23.8. The Morgan fingerprint density at radius 3 is 2.52 bits per heavy atom. The molecule has 0 radical (unpaired) electrons. The summed E-state index contributed by atoms with van der Waals surface area (Å²) in [7, 11) is 0. The van der Waals surface area contributed by atoms with Gasteiger partial charge in [0.05, 0.1) is 11.4 Å². The van der Waals surface area contributed by atoms with Gasteiger partial charge >= 0.3 is 12.1 Å². The molecule has 112 valence electrons. The van der Waals surface area contributed by atoms with Crippen LogP contribution < -0.4 is 5.01 Å². The average Bonchev–Trinajstić information content (AvgIpc) is 2.72. The van der Waals surface area contributed by atoms with E-state index >= 15 is 0 Å². The summed E-state index contributed by atoms with van der Waals surface area (Å²) >= 11 is 0. The number of rotatable bonds is 3. The van der Waals surface area contributed by atoms with E-state index < -0.39 is 30.6 Å². The average molecular weight is 300 g/mol. The van der Waals surface area contributed by atoms with Crippen molar-refractivity contribution in [3.8, 4) is 0 Å². The maximum atomic E-state index is 12.1. The van der Waals surface area contributed by atoms with Crippen LogP contribution in [0.15, 0.2) is 35.4 Å². The predicted octanol–water partition coefficient (Wildman–Crippen LogP) is 2.13. The minimum absolute atomic E-state index is 0.0935. The fourth-order valence-electron chi connectivity index (χ4n) is 1.83. The molecule has 1 amide bonds. The minimum atomic E-state index is -4.64. The summed E-state index contributed by atoms with van der Waals surface area (Å²) in [5.41, 5.74) is 0.518. The van der Waals surface area contributed by atoms with Crippen LogP contribution in [0.25, 0.3) is 0 Å². The van der Waals surface area contributed by atoms with Crippen LogP contribution in [0.3, 0.4) is 0 Å². The van der Waals surface area contributed by atoms with E-state index in [2.05, 4.69) is 9.84 Å². The van der Waals surface area contributed by atoms with Crippen molar-refractivity contribution in [3.05, 3.63) is 30.3 Å². The number of amides is 1. The first-order valence-corrected chi connectivity index (χ1v) is 5.97. The lowest BCUT2D eigenvalue weighted by Gasteiger charge is -2.14. The fourth-order valence-corrected chi connectivity index (χ4v) is 1.83. The van der Waals surface area contributed by atoms with E-state index in [1.54, 1.807) is 30.3 Å². The summed E-state index contributed by atoms with van der Waals surface area (Å²) in [5.74, 6) is -3.42. The Hall–Kier alpha value is -2.38. The fraction of sp³-hybridized carbons (Fsp3) is 0.308. The number of ether oxygens (including phenoxy) is 1. The first-order valence-electron chi connectivity index (χ1n) is 5.97. The molecule has 5 nitrogen and oxygen atoms in total. The van der Waals surface area contributed by atoms with Gasteiger partial charge < -0.3 is 4.74 Å². The summed E-state index contributed by atoms with van der Waals surface area (Å²) in [6.07, 6.45) is -4.64. The Labute approximate surface area is 118 Å². The Bertz CT molecular complexity index is 584. The highest BCUT2D eigenvalue weighted by Gasteiger charge is 2.42. The molecule has 1 heterocycles. The molecule has 0 aromatic heterocycles. The molecule has 0 saturated heterocycles. The molecule has 2 rings (SSSR count). The lowest BCUT2D eigenvalue weighted by molar-refractivity contribution is -0.187. The highest BCUT2D eigenvalue weighted by atomic mass is 19.4. The molecule has 0 aliphatic carbocycles. The SMILES string of the molecule is CC1=NN(c2ccccc2)C(=O)[C@H]1C(=O)OCC(F)(F)F. The number of anilines is 1. The number of benzene rings is 1. The van der Waals surface area contributed by atoms with Gasteiger partial charge in [0.15, 0.2) is 12.5 Å². The molecule has 0 saturated carbocycles. The van der Waals surface area contributed by atoms with Crippen molar-refractivity contribution >= 4 is 23.3 Å². The van der Waals surface area contributed by atoms with Gasteiger partial charge in [-0.25, -0.2) is 0 Å². The van der Waals surface area contributed by atoms with E-state index in [0.29, 0.717) is 5.69 Å². The Kier molecular flexibility index (Phi) is 3.97. The molecular weight excluding hydrogens is 289 g/mol. The summed E-state index contributed by atoms with van der Waals surface area (Å²) in [6.45, 7) is -0.339. The first kappa shape index (κ1) is 15.0. The first-order chi connectivity index (χ1) is 9.79. The van der Waals surface area contributed by atoms with E-state index in [-0.39, 0.29) is 5.71 Å². The van der Waals surface area contributed by atoms with Crippen LogP contribution in [0.1, 0.15) is 6.92 Å². The van der Waals surface area contributed by atoms with Crippen LogP contribution in [0.5, 0.6) is 0 Å². The molecule has 0 N–H and O–H groups in total. The van der Waals surface area contributed by atoms with Gasteiger partial charge in [0.1, 0.15) is 0 Å². The van der Waals surface area contributed by atoms with Gasteiger partial charge in [-0.1, -0.05) is 18.2 Å². The maximum absolute atomic E-state index is 12.1. The zero-order valence-corrected chi connectivity index (χ0v) is 10.9. The van der Waals surface area contributed by atoms with Gasteiger partial charge in [-0.2, -0.15) is 23.3 Å². The van der Waals surface area contributed by atoms with Crippen LogP contribution in [-0.4, -0.2) is 30.4 Å². The Balaban J connectivity index is 2.12. The van der Waals surface area contributed by atoms with Gasteiger partial charge in [0.2, 0.25) is 0 Å². The van der Waals surface area contributed by atoms with E-state index in [9.17, 15) is 22.8 Å². The topological polar surface area (TPSA) is 59.0 Å². The third-order valence-corrected chi connectivity index (χ3v) is 2.75. The second-order valence-corrected chi connectivity index (χ2v) is 4.38. The summed E-state index contributed by atoms with van der Waals surface area (Å²) < 4.78 is 40.2. The van der Waals surface area contributed by atoms with Crippen molar-refractivity contribution in [2.45, 2.75) is 13.1 Å². The predicted molar refractivity (Wildman–Crippen MR) is 67.5 cm³/mol. The number of nitrogens with zero attached hydrogens (tertiary/aromatic N) is 2. The lowest BCUT2D eigenvalue weighted by Crippen LogP contribution is -2.35. The highest BCUT2D eigenvalue weighted by Crippen LogP contribution is 2.25. The highest BCUT2D eigenvalue weighted by molar-refractivity contribution is 6.25. The van der Waals surface area contributed by atoms with Crippen molar-refractivity contribution in [2.24, 2.45) is 11.0 Å². The normalized spacial score (nSPS) is 18.7. The molecule has 0 unspecified atom stereocenters. The monoisotopic (exact) mass is 300 g/mol. The van der Waals surface area contributed by atoms with Crippen molar-refractivity contribution in [2.75, 3.05) is 11.6 Å². The Morgan fingerprint density at radius 1 is 1.33 bits per heavy atom. The Morgan fingerprint density at radius 2 is 1.95 bits per heavy atom. The van der Waals surface area contributed by atoms with E-state index in [4.69, 9.17) is 0 Å². The molecule has 1 aromatic carbocycles. The third-order valence-electron chi connectivity index (χ3n) is 2.75. The molecule has 1 aliphatic rings. The van der Waals surface area contributed by atoms with Crippen molar-refractivity contribution in [1.29, 1.82) is 0 Å². The molecule has 21 heavy (non-hydrogen) atoms. The zero-order chi connectivity index (χ0) is 15.6. The number of hydrogen-bond acceptors (Lipinski definition) is 4. The zero-order valence-electron chi connectivity index (χ0n) is 10.9. The number of esters is 1. The number of hydrazone groups is 1. The van der Waals surface area contributed by atoms with Crippen molar-refractivity contribution < 1.29 is 27.5 Å². The van der Waals surface area contributed by atoms with Crippen molar-refractivity contribution in [1.82, 2.24) is 0 Å². The molecule has 0 fully saturated rings. The smallest absolute Gasteiger partial charge is 0.422 e. The number of alkyl halides is 3. The number of halogens is 3. The largest absolute Gasteiger partial charge is 0.455 e. The number of carbonyl (C=O) groups excluding carboxylic acids is 2. The second kappa shape index (κ2) is 5.55. The van der Waals surface area contributed by atoms with E-state index in [1.165, 1.54) is 6.92 Å². The minimum Gasteiger partial charge on any atom is -0.455 e. The van der Waals surface area contributed by atoms with Gasteiger partial charge in [-0.05, 0) is 19.1 Å². The van der Waals surface area contributed by atoms with Crippen LogP contribution in [0, 0.1) is 5.92 Å². The van der Waals surface area contributed by atoms with Gasteiger partial charge in [-0.15, -0.1) is 0 Å². The summed E-state index contributed by atoms with van der Waals surface area (Å²) in [6, 6.07) is 8.26. The maximum Gasteiger partial charge on any atom is 0.422 e. The van der Waals surface area contributed by atoms with Gasteiger partial charge in [0, 0.05) is 0 Å². The van der Waals surface area contributed by atoms with Crippen molar-refractivity contribution in [3.63, 3.8) is 0 Å². The number of carbonyl (C=O) groups is 2. The standard InChI is InChI=1S/C13H11F3N2O3/c1-8-10(12(20)21-7-13(14,15)16)11(19)18(17-8)9-5-3-2-4-6-9/h2-6,10H,7H2,1H3/t10-/m0/s1. The number of hydrogen-bond donors (Lipinski definition) is 0. The van der Waals surface area contributed by atoms with Crippen LogP contribution in [0.2, 0.25) is 0 Å². The third kappa shape index (κ3) is 3.39. The van der Waals surface area contributed by atoms with Crippen LogP contribution >= 0.6 is 0 Å². The number of para-hydroxylation sites is 1. The molecule has 0 bridgehead atoms. The van der Waals surface area contributed by atoms with Crippen LogP contribution in [0.4, 0.5) is 18.9 Å².